The Balaban J connectivity index is 2.03. The fourth-order valence-corrected chi connectivity index (χ4v) is 3.30. The average molecular weight is 394 g/mol. The molecule has 6 nitrogen and oxygen atoms in total. The van der Waals surface area contributed by atoms with Gasteiger partial charge in [-0.3, -0.25) is 4.79 Å². The predicted molar refractivity (Wildman–Crippen MR) is 107 cm³/mol. The highest BCUT2D eigenvalue weighted by molar-refractivity contribution is 6.30. The molecule has 2 aliphatic rings. The molecule has 2 aliphatic heterocycles. The van der Waals surface area contributed by atoms with Gasteiger partial charge in [0.1, 0.15) is 11.3 Å². The molecule has 0 N–H and O–H groups in total. The number of fused-ring (bicyclic) bond motifs is 1. The van der Waals surface area contributed by atoms with Gasteiger partial charge in [0.05, 0.1) is 18.4 Å². The van der Waals surface area contributed by atoms with E-state index in [0.717, 1.165) is 5.56 Å². The number of hydrogen-bond acceptors (Lipinski definition) is 4. The van der Waals surface area contributed by atoms with Gasteiger partial charge in [-0.15, -0.1) is 0 Å². The van der Waals surface area contributed by atoms with Crippen LogP contribution in [-0.4, -0.2) is 27.4 Å². The molecule has 0 atom stereocenters. The van der Waals surface area contributed by atoms with Crippen molar-refractivity contribution in [2.24, 2.45) is 0 Å². The summed E-state index contributed by atoms with van der Waals surface area (Å²) in [5.41, 5.74) is 2.76. The maximum atomic E-state index is 13.1. The van der Waals surface area contributed by atoms with Crippen LogP contribution in [0.3, 0.4) is 0 Å². The van der Waals surface area contributed by atoms with Gasteiger partial charge in [0, 0.05) is 23.1 Å². The first-order valence-electron chi connectivity index (χ1n) is 8.55. The first-order chi connectivity index (χ1) is 13.5. The van der Waals surface area contributed by atoms with E-state index < -0.39 is 5.97 Å². The molecule has 0 aromatic heterocycles. The van der Waals surface area contributed by atoms with Crippen molar-refractivity contribution in [1.29, 1.82) is 0 Å². The number of pyridine rings is 1. The molecular formula is C21H16ClN3O3. The van der Waals surface area contributed by atoms with Gasteiger partial charge in [0.25, 0.3) is 5.56 Å². The fraction of sp³-hybridized carbons (Fsp3) is 0.0952. The molecule has 0 saturated carbocycles. The summed E-state index contributed by atoms with van der Waals surface area (Å²) in [5, 5.41) is 4.97. The number of carbonyl (C=O) groups excluding carboxylic acids is 1. The SMILES string of the molecule is COC(=O)c1cn(-c2cccc(Cl)c2)cc2c(=O)n(-c3ccccc3C)nc1-2. The van der Waals surface area contributed by atoms with Gasteiger partial charge >= 0.3 is 5.97 Å². The molecule has 140 valence electrons. The fourth-order valence-electron chi connectivity index (χ4n) is 3.12. The molecule has 0 radical (unpaired) electrons. The summed E-state index contributed by atoms with van der Waals surface area (Å²) in [5.74, 6) is -0.573. The van der Waals surface area contributed by atoms with Crippen molar-refractivity contribution in [3.05, 3.63) is 87.4 Å². The van der Waals surface area contributed by atoms with Crippen LogP contribution in [0.15, 0.2) is 65.7 Å². The van der Waals surface area contributed by atoms with Crippen LogP contribution in [0.25, 0.3) is 22.6 Å². The number of aryl methyl sites for hydroxylation is 1. The van der Waals surface area contributed by atoms with Crippen LogP contribution in [0.4, 0.5) is 0 Å². The van der Waals surface area contributed by atoms with Crippen molar-refractivity contribution < 1.29 is 9.53 Å². The Labute approximate surface area is 165 Å². The zero-order valence-corrected chi connectivity index (χ0v) is 16.0. The lowest BCUT2D eigenvalue weighted by atomic mass is 10.1. The van der Waals surface area contributed by atoms with E-state index in [9.17, 15) is 9.59 Å². The van der Waals surface area contributed by atoms with Crippen LogP contribution in [0.2, 0.25) is 5.02 Å². The third-order valence-corrected chi connectivity index (χ3v) is 4.76. The van der Waals surface area contributed by atoms with Gasteiger partial charge in [0.15, 0.2) is 0 Å². The number of esters is 1. The van der Waals surface area contributed by atoms with Gasteiger partial charge in [-0.1, -0.05) is 35.9 Å². The first-order valence-corrected chi connectivity index (χ1v) is 8.92. The van der Waals surface area contributed by atoms with Crippen LogP contribution in [0.1, 0.15) is 15.9 Å². The second kappa shape index (κ2) is 6.98. The average Bonchev–Trinajstić information content (AvgIpc) is 3.03. The maximum Gasteiger partial charge on any atom is 0.341 e. The van der Waals surface area contributed by atoms with Crippen molar-refractivity contribution in [2.45, 2.75) is 6.92 Å². The number of halogens is 1. The van der Waals surface area contributed by atoms with Crippen molar-refractivity contribution in [3.63, 3.8) is 0 Å². The van der Waals surface area contributed by atoms with E-state index in [1.54, 1.807) is 35.2 Å². The molecule has 4 rings (SSSR count). The Morgan fingerprint density at radius 3 is 2.61 bits per heavy atom. The highest BCUT2D eigenvalue weighted by atomic mass is 35.5. The van der Waals surface area contributed by atoms with E-state index >= 15 is 0 Å². The number of carbonyl (C=O) groups is 1. The highest BCUT2D eigenvalue weighted by Gasteiger charge is 2.25. The minimum Gasteiger partial charge on any atom is -0.465 e. The van der Waals surface area contributed by atoms with Crippen molar-refractivity contribution >= 4 is 17.6 Å². The van der Waals surface area contributed by atoms with E-state index in [1.165, 1.54) is 11.8 Å². The summed E-state index contributed by atoms with van der Waals surface area (Å²) in [4.78, 5) is 25.5. The third-order valence-electron chi connectivity index (χ3n) is 4.52. The summed E-state index contributed by atoms with van der Waals surface area (Å²) in [6.45, 7) is 1.90. The first kappa shape index (κ1) is 18.0. The molecule has 0 saturated heterocycles. The Morgan fingerprint density at radius 1 is 1.11 bits per heavy atom. The maximum absolute atomic E-state index is 13.1. The van der Waals surface area contributed by atoms with Gasteiger partial charge < -0.3 is 9.30 Å². The molecule has 28 heavy (non-hydrogen) atoms. The lowest BCUT2D eigenvalue weighted by Gasteiger charge is -2.11. The van der Waals surface area contributed by atoms with E-state index in [4.69, 9.17) is 16.3 Å². The zero-order valence-electron chi connectivity index (χ0n) is 15.2. The largest absolute Gasteiger partial charge is 0.465 e. The van der Waals surface area contributed by atoms with Crippen molar-refractivity contribution in [3.8, 4) is 22.6 Å². The second-order valence-electron chi connectivity index (χ2n) is 6.32. The minimum absolute atomic E-state index is 0.199. The Hall–Kier alpha value is -3.38. The third kappa shape index (κ3) is 2.97. The van der Waals surface area contributed by atoms with Crippen LogP contribution < -0.4 is 5.56 Å². The predicted octanol–water partition coefficient (Wildman–Crippen LogP) is 3.88. The highest BCUT2D eigenvalue weighted by Crippen LogP contribution is 2.26. The molecule has 2 heterocycles. The van der Waals surface area contributed by atoms with Crippen LogP contribution in [0.5, 0.6) is 0 Å². The Bertz CT molecular complexity index is 1230. The van der Waals surface area contributed by atoms with E-state index in [1.807, 2.05) is 37.3 Å². The van der Waals surface area contributed by atoms with Crippen molar-refractivity contribution in [2.75, 3.05) is 7.11 Å². The number of hydrogen-bond donors (Lipinski definition) is 0. The van der Waals surface area contributed by atoms with Gasteiger partial charge in [-0.25, -0.2) is 4.79 Å². The smallest absolute Gasteiger partial charge is 0.341 e. The number of methoxy groups -OCH3 is 1. The summed E-state index contributed by atoms with van der Waals surface area (Å²) in [6, 6.07) is 14.5. The number of nitrogens with zero attached hydrogens (tertiary/aromatic N) is 3. The minimum atomic E-state index is -0.573. The normalized spacial score (nSPS) is 11.0. The molecule has 2 aromatic rings. The molecule has 0 spiro atoms. The van der Waals surface area contributed by atoms with E-state index in [0.29, 0.717) is 27.7 Å². The summed E-state index contributed by atoms with van der Waals surface area (Å²) in [6.07, 6.45) is 3.24. The molecule has 0 amide bonds. The topological polar surface area (TPSA) is 66.1 Å². The summed E-state index contributed by atoms with van der Waals surface area (Å²) < 4.78 is 7.89. The lowest BCUT2D eigenvalue weighted by molar-refractivity contribution is 0.0600. The Morgan fingerprint density at radius 2 is 1.89 bits per heavy atom. The standard InChI is InChI=1S/C21H16ClN3O3/c1-13-6-3-4-9-18(13)25-20(26)16-11-24(15-8-5-7-14(22)10-15)12-17(19(16)23-25)21(27)28-2/h3-12H,1-2H3. The van der Waals surface area contributed by atoms with E-state index in [2.05, 4.69) is 5.10 Å². The zero-order chi connectivity index (χ0) is 19.8. The molecule has 0 unspecified atom stereocenters. The van der Waals surface area contributed by atoms with Crippen LogP contribution in [-0.2, 0) is 4.74 Å². The molecule has 0 aliphatic carbocycles. The molecule has 2 aromatic carbocycles. The van der Waals surface area contributed by atoms with E-state index in [-0.39, 0.29) is 11.1 Å². The quantitative estimate of drug-likeness (QED) is 0.495. The van der Waals surface area contributed by atoms with Gasteiger partial charge in [-0.05, 0) is 36.8 Å². The number of benzene rings is 2. The molecule has 0 bridgehead atoms. The number of aromatic nitrogens is 3. The lowest BCUT2D eigenvalue weighted by Crippen LogP contribution is -2.16. The molecule has 0 fully saturated rings. The van der Waals surface area contributed by atoms with Crippen LogP contribution >= 0.6 is 11.6 Å². The van der Waals surface area contributed by atoms with Gasteiger partial charge in [-0.2, -0.15) is 9.78 Å². The number of ether oxygens (including phenoxy) is 1. The Kier molecular flexibility index (Phi) is 4.49. The van der Waals surface area contributed by atoms with Crippen LogP contribution in [0, 0.1) is 6.92 Å². The number of rotatable bonds is 3. The van der Waals surface area contributed by atoms with Crippen molar-refractivity contribution in [1.82, 2.24) is 14.3 Å². The monoisotopic (exact) mass is 393 g/mol. The summed E-state index contributed by atoms with van der Waals surface area (Å²) in [7, 11) is 1.29. The second-order valence-corrected chi connectivity index (χ2v) is 6.75. The number of para-hydroxylation sites is 1. The molecular weight excluding hydrogens is 378 g/mol. The summed E-state index contributed by atoms with van der Waals surface area (Å²) >= 11 is 6.09. The molecule has 7 heteroatoms. The van der Waals surface area contributed by atoms with Gasteiger partial charge in [0.2, 0.25) is 0 Å².